The van der Waals surface area contributed by atoms with E-state index in [1.807, 2.05) is 0 Å². The van der Waals surface area contributed by atoms with Crippen LogP contribution >= 0.6 is 0 Å². The fourth-order valence-electron chi connectivity index (χ4n) is 3.59. The maximum absolute atomic E-state index is 12.7. The molecule has 1 aromatic rings. The Balaban J connectivity index is 1.54. The molecule has 2 fully saturated rings. The molecule has 3 N–H and O–H groups in total. The average molecular weight is 374 g/mol. The van der Waals surface area contributed by atoms with Gasteiger partial charge in [-0.1, -0.05) is 18.2 Å². The van der Waals surface area contributed by atoms with Crippen molar-refractivity contribution in [3.63, 3.8) is 0 Å². The molecule has 0 amide bonds. The van der Waals surface area contributed by atoms with Gasteiger partial charge in [-0.05, 0) is 24.1 Å². The molecule has 1 saturated heterocycles. The van der Waals surface area contributed by atoms with Crippen LogP contribution in [0.25, 0.3) is 0 Å². The monoisotopic (exact) mass is 374 g/mol. The highest BCUT2D eigenvalue weighted by atomic mass is 19.4. The van der Waals surface area contributed by atoms with E-state index in [9.17, 15) is 28.5 Å². The standard InChI is InChI=1S/C18H21F3O5/c19-18(20,21)10-2-1-3-12(6-10)25-9-11(22)4-5-13-14-7-17(24)26-16(14)8-15(13)23/h1-6,11,13-17,22-24H,7-9H2/b5-4+/t11-,13-,14?,15-,16+,17?/m1/s1. The Kier molecular flexibility index (Phi) is 5.57. The second-order valence-electron chi connectivity index (χ2n) is 6.70. The van der Waals surface area contributed by atoms with Crippen molar-refractivity contribution in [2.45, 2.75) is 43.6 Å². The third kappa shape index (κ3) is 4.37. The minimum Gasteiger partial charge on any atom is -0.491 e. The quantitative estimate of drug-likeness (QED) is 0.688. The van der Waals surface area contributed by atoms with E-state index in [4.69, 9.17) is 9.47 Å². The lowest BCUT2D eigenvalue weighted by molar-refractivity contribution is -0.137. The smallest absolute Gasteiger partial charge is 0.416 e. The highest BCUT2D eigenvalue weighted by Gasteiger charge is 2.47. The van der Waals surface area contributed by atoms with Gasteiger partial charge in [0, 0.05) is 18.8 Å². The largest absolute Gasteiger partial charge is 0.491 e. The first-order chi connectivity index (χ1) is 12.2. The fraction of sp³-hybridized carbons (Fsp3) is 0.556. The molecule has 0 bridgehead atoms. The zero-order chi connectivity index (χ0) is 18.9. The summed E-state index contributed by atoms with van der Waals surface area (Å²) < 4.78 is 48.5. The van der Waals surface area contributed by atoms with E-state index in [1.54, 1.807) is 6.08 Å². The van der Waals surface area contributed by atoms with Crippen LogP contribution in [0.2, 0.25) is 0 Å². The first-order valence-electron chi connectivity index (χ1n) is 8.42. The fourth-order valence-corrected chi connectivity index (χ4v) is 3.59. The average Bonchev–Trinajstić information content (AvgIpc) is 3.05. The highest BCUT2D eigenvalue weighted by molar-refractivity contribution is 5.30. The molecular formula is C18H21F3O5. The number of aliphatic hydroxyl groups is 3. The molecule has 8 heteroatoms. The lowest BCUT2D eigenvalue weighted by Crippen LogP contribution is -2.20. The highest BCUT2D eigenvalue weighted by Crippen LogP contribution is 2.43. The molecule has 26 heavy (non-hydrogen) atoms. The second kappa shape index (κ2) is 7.56. The summed E-state index contributed by atoms with van der Waals surface area (Å²) in [7, 11) is 0. The number of hydrogen-bond acceptors (Lipinski definition) is 5. The zero-order valence-electron chi connectivity index (χ0n) is 13.8. The number of alkyl halides is 3. The molecule has 6 atom stereocenters. The second-order valence-corrected chi connectivity index (χ2v) is 6.70. The van der Waals surface area contributed by atoms with E-state index >= 15 is 0 Å². The van der Waals surface area contributed by atoms with Gasteiger partial charge in [-0.2, -0.15) is 13.2 Å². The number of hydrogen-bond donors (Lipinski definition) is 3. The third-order valence-electron chi connectivity index (χ3n) is 4.83. The summed E-state index contributed by atoms with van der Waals surface area (Å²) in [6.45, 7) is -0.214. The van der Waals surface area contributed by atoms with Gasteiger partial charge in [0.25, 0.3) is 0 Å². The van der Waals surface area contributed by atoms with Gasteiger partial charge in [-0.25, -0.2) is 0 Å². The van der Waals surface area contributed by atoms with Gasteiger partial charge in [0.15, 0.2) is 6.29 Å². The molecule has 3 rings (SSSR count). The molecule has 1 aromatic carbocycles. The number of fused-ring (bicyclic) bond motifs is 1. The van der Waals surface area contributed by atoms with Gasteiger partial charge < -0.3 is 24.8 Å². The third-order valence-corrected chi connectivity index (χ3v) is 4.83. The van der Waals surface area contributed by atoms with Crippen LogP contribution in [0.5, 0.6) is 5.75 Å². The Morgan fingerprint density at radius 1 is 1.27 bits per heavy atom. The van der Waals surface area contributed by atoms with E-state index in [-0.39, 0.29) is 30.3 Å². The van der Waals surface area contributed by atoms with Crippen molar-refractivity contribution < 1.29 is 38.0 Å². The van der Waals surface area contributed by atoms with Crippen LogP contribution in [-0.4, -0.2) is 46.5 Å². The van der Waals surface area contributed by atoms with E-state index in [0.717, 1.165) is 12.1 Å². The Labute approximate surface area is 148 Å². The molecule has 2 unspecified atom stereocenters. The SMILES string of the molecule is OC1CC2[C@H](C[C@@H](O)[C@@H]2/C=C/[C@@H](O)COc2cccc(C(F)(F)F)c2)O1. The molecule has 2 aliphatic rings. The van der Waals surface area contributed by atoms with E-state index in [1.165, 1.54) is 18.2 Å². The van der Waals surface area contributed by atoms with Crippen LogP contribution in [0.15, 0.2) is 36.4 Å². The molecule has 144 valence electrons. The summed E-state index contributed by atoms with van der Waals surface area (Å²) in [5.41, 5.74) is -0.819. The van der Waals surface area contributed by atoms with Gasteiger partial charge in [-0.3, -0.25) is 0 Å². The summed E-state index contributed by atoms with van der Waals surface area (Å²) in [5, 5.41) is 29.6. The molecule has 1 saturated carbocycles. The van der Waals surface area contributed by atoms with Crippen molar-refractivity contribution in [2.75, 3.05) is 6.61 Å². The summed E-state index contributed by atoms with van der Waals surface area (Å²) in [5.74, 6) is -0.256. The number of rotatable bonds is 5. The van der Waals surface area contributed by atoms with Gasteiger partial charge in [0.05, 0.1) is 17.8 Å². The van der Waals surface area contributed by atoms with Gasteiger partial charge >= 0.3 is 6.18 Å². The van der Waals surface area contributed by atoms with Crippen LogP contribution in [0.1, 0.15) is 18.4 Å². The number of benzene rings is 1. The van der Waals surface area contributed by atoms with Crippen LogP contribution in [0.3, 0.4) is 0 Å². The zero-order valence-corrected chi connectivity index (χ0v) is 13.8. The first-order valence-corrected chi connectivity index (χ1v) is 8.42. The van der Waals surface area contributed by atoms with Gasteiger partial charge in [0.1, 0.15) is 18.5 Å². The van der Waals surface area contributed by atoms with Crippen LogP contribution in [0, 0.1) is 11.8 Å². The molecule has 1 heterocycles. The van der Waals surface area contributed by atoms with Gasteiger partial charge in [-0.15, -0.1) is 0 Å². The predicted octanol–water partition coefficient (Wildman–Crippen LogP) is 2.11. The minimum absolute atomic E-state index is 0.0144. The molecular weight excluding hydrogens is 353 g/mol. The summed E-state index contributed by atoms with van der Waals surface area (Å²) in [6, 6.07) is 4.44. The Hall–Kier alpha value is -1.61. The lowest BCUT2D eigenvalue weighted by Gasteiger charge is -2.17. The molecule has 0 radical (unpaired) electrons. The van der Waals surface area contributed by atoms with Crippen molar-refractivity contribution in [3.8, 4) is 5.75 Å². The first kappa shape index (κ1) is 19.2. The van der Waals surface area contributed by atoms with E-state index < -0.39 is 30.2 Å². The molecule has 0 spiro atoms. The summed E-state index contributed by atoms with van der Waals surface area (Å²) >= 11 is 0. The maximum Gasteiger partial charge on any atom is 0.416 e. The minimum atomic E-state index is -4.46. The normalized spacial score (nSPS) is 32.8. The molecule has 5 nitrogen and oxygen atoms in total. The Bertz CT molecular complexity index is 648. The van der Waals surface area contributed by atoms with Crippen molar-refractivity contribution in [1.82, 2.24) is 0 Å². The van der Waals surface area contributed by atoms with Crippen LogP contribution in [-0.2, 0) is 10.9 Å². The van der Waals surface area contributed by atoms with Crippen molar-refractivity contribution in [3.05, 3.63) is 42.0 Å². The lowest BCUT2D eigenvalue weighted by atomic mass is 9.91. The van der Waals surface area contributed by atoms with Crippen LogP contribution in [0.4, 0.5) is 13.2 Å². The Morgan fingerprint density at radius 2 is 2.04 bits per heavy atom. The number of halogens is 3. The molecule has 0 aromatic heterocycles. The van der Waals surface area contributed by atoms with Crippen molar-refractivity contribution in [2.24, 2.45) is 11.8 Å². The van der Waals surface area contributed by atoms with E-state index in [2.05, 4.69) is 0 Å². The number of aliphatic hydroxyl groups excluding tert-OH is 3. The molecule has 1 aliphatic heterocycles. The predicted molar refractivity (Wildman–Crippen MR) is 85.2 cm³/mol. The van der Waals surface area contributed by atoms with Crippen molar-refractivity contribution >= 4 is 0 Å². The number of ether oxygens (including phenoxy) is 2. The van der Waals surface area contributed by atoms with E-state index in [0.29, 0.717) is 12.8 Å². The maximum atomic E-state index is 12.7. The topological polar surface area (TPSA) is 79.2 Å². The van der Waals surface area contributed by atoms with Gasteiger partial charge in [0.2, 0.25) is 0 Å². The van der Waals surface area contributed by atoms with Crippen LogP contribution < -0.4 is 4.74 Å². The molecule has 1 aliphatic carbocycles. The summed E-state index contributed by atoms with van der Waals surface area (Å²) in [6.07, 6.45) is -3.18. The Morgan fingerprint density at radius 3 is 2.77 bits per heavy atom. The van der Waals surface area contributed by atoms with Crippen molar-refractivity contribution in [1.29, 1.82) is 0 Å². The summed E-state index contributed by atoms with van der Waals surface area (Å²) in [4.78, 5) is 0.